The van der Waals surface area contributed by atoms with Gasteiger partial charge < -0.3 is 9.88 Å². The Morgan fingerprint density at radius 3 is 2.26 bits per heavy atom. The van der Waals surface area contributed by atoms with E-state index >= 15 is 0 Å². The van der Waals surface area contributed by atoms with Crippen molar-refractivity contribution < 1.29 is 26.3 Å². The van der Waals surface area contributed by atoms with Gasteiger partial charge in [-0.3, -0.25) is 4.79 Å². The van der Waals surface area contributed by atoms with Gasteiger partial charge in [0.25, 0.3) is 5.56 Å². The maximum atomic E-state index is 12.4. The predicted octanol–water partition coefficient (Wildman–Crippen LogP) is 2.02. The molecule has 1 aromatic heterocycles. The van der Waals surface area contributed by atoms with Crippen LogP contribution in [0.4, 0.5) is 26.3 Å². The molecule has 9 heteroatoms. The van der Waals surface area contributed by atoms with Crippen LogP contribution in [-0.2, 0) is 12.7 Å². The Balaban J connectivity index is 2.66. The Labute approximate surface area is 103 Å². The second-order valence-electron chi connectivity index (χ2n) is 3.74. The lowest BCUT2D eigenvalue weighted by molar-refractivity contribution is -0.138. The van der Waals surface area contributed by atoms with E-state index in [9.17, 15) is 31.1 Å². The lowest BCUT2D eigenvalue weighted by Crippen LogP contribution is -2.33. The zero-order valence-corrected chi connectivity index (χ0v) is 9.48. The van der Waals surface area contributed by atoms with Gasteiger partial charge in [0.1, 0.15) is 0 Å². The summed E-state index contributed by atoms with van der Waals surface area (Å²) in [6, 6.07) is 1.36. The molecule has 1 rings (SSSR count). The summed E-state index contributed by atoms with van der Waals surface area (Å²) in [4.78, 5) is 11.2. The summed E-state index contributed by atoms with van der Waals surface area (Å²) in [6.45, 7) is -1.81. The summed E-state index contributed by atoms with van der Waals surface area (Å²) < 4.78 is 73.2. The molecular weight excluding hydrogens is 278 g/mol. The molecule has 0 aliphatic carbocycles. The van der Waals surface area contributed by atoms with Crippen LogP contribution in [-0.4, -0.2) is 23.8 Å². The first-order chi connectivity index (χ1) is 8.59. The molecule has 0 saturated carbocycles. The van der Waals surface area contributed by atoms with E-state index in [-0.39, 0.29) is 13.1 Å². The maximum Gasteiger partial charge on any atom is 0.417 e. The van der Waals surface area contributed by atoms with Crippen LogP contribution in [0, 0.1) is 0 Å². The molecule has 108 valence electrons. The topological polar surface area (TPSA) is 34.0 Å². The van der Waals surface area contributed by atoms with Crippen molar-refractivity contribution in [2.24, 2.45) is 0 Å². The third-order valence-corrected chi connectivity index (χ3v) is 2.17. The van der Waals surface area contributed by atoms with Crippen LogP contribution in [0.3, 0.4) is 0 Å². The highest BCUT2D eigenvalue weighted by molar-refractivity contribution is 5.13. The molecule has 1 heterocycles. The van der Waals surface area contributed by atoms with E-state index in [1.54, 1.807) is 0 Å². The van der Waals surface area contributed by atoms with E-state index in [1.807, 2.05) is 5.32 Å². The highest BCUT2D eigenvalue weighted by Crippen LogP contribution is 2.27. The van der Waals surface area contributed by atoms with E-state index in [1.165, 1.54) is 0 Å². The number of aromatic nitrogens is 1. The first-order valence-corrected chi connectivity index (χ1v) is 5.15. The van der Waals surface area contributed by atoms with Crippen LogP contribution in [0.1, 0.15) is 5.56 Å². The Kier molecular flexibility index (Phi) is 4.61. The second-order valence-corrected chi connectivity index (χ2v) is 3.74. The quantitative estimate of drug-likeness (QED) is 0.679. The molecule has 1 aromatic rings. The van der Waals surface area contributed by atoms with Gasteiger partial charge in [-0.05, 0) is 6.07 Å². The molecule has 19 heavy (non-hydrogen) atoms. The molecule has 3 nitrogen and oxygen atoms in total. The molecule has 0 amide bonds. The summed E-state index contributed by atoms with van der Waals surface area (Å²) in [5.74, 6) is 0. The summed E-state index contributed by atoms with van der Waals surface area (Å²) in [7, 11) is 0. The summed E-state index contributed by atoms with van der Waals surface area (Å²) in [5.41, 5.74) is -1.73. The fraction of sp³-hybridized carbons (Fsp3) is 0.500. The number of hydrogen-bond donors (Lipinski definition) is 1. The van der Waals surface area contributed by atoms with Gasteiger partial charge in [-0.25, -0.2) is 0 Å². The van der Waals surface area contributed by atoms with Crippen molar-refractivity contribution >= 4 is 0 Å². The predicted molar refractivity (Wildman–Crippen MR) is 54.6 cm³/mol. The standard InChI is InChI=1S/C10H10F6N2O/c11-9(12,13)6-17-3-4-18-5-7(10(14,15)16)1-2-8(18)19/h1-2,5,17H,3-4,6H2. The zero-order valence-electron chi connectivity index (χ0n) is 9.48. The Morgan fingerprint density at radius 1 is 1.11 bits per heavy atom. The molecular formula is C10H10F6N2O. The van der Waals surface area contributed by atoms with Gasteiger partial charge in [0.2, 0.25) is 0 Å². The van der Waals surface area contributed by atoms with E-state index in [4.69, 9.17) is 0 Å². The van der Waals surface area contributed by atoms with Crippen molar-refractivity contribution in [3.63, 3.8) is 0 Å². The van der Waals surface area contributed by atoms with Gasteiger partial charge in [0.05, 0.1) is 12.1 Å². The summed E-state index contributed by atoms with van der Waals surface area (Å²) in [5, 5.41) is 1.99. The van der Waals surface area contributed by atoms with Crippen LogP contribution < -0.4 is 10.9 Å². The van der Waals surface area contributed by atoms with E-state index < -0.39 is 30.0 Å². The average Bonchev–Trinajstić information content (AvgIpc) is 2.23. The monoisotopic (exact) mass is 288 g/mol. The van der Waals surface area contributed by atoms with Gasteiger partial charge in [-0.2, -0.15) is 26.3 Å². The van der Waals surface area contributed by atoms with Crippen LogP contribution in [0.2, 0.25) is 0 Å². The smallest absolute Gasteiger partial charge is 0.314 e. The van der Waals surface area contributed by atoms with Gasteiger partial charge in [-0.15, -0.1) is 0 Å². The highest BCUT2D eigenvalue weighted by atomic mass is 19.4. The first-order valence-electron chi connectivity index (χ1n) is 5.15. The zero-order chi connectivity index (χ0) is 14.7. The number of nitrogens with zero attached hydrogens (tertiary/aromatic N) is 1. The fourth-order valence-corrected chi connectivity index (χ4v) is 1.30. The minimum Gasteiger partial charge on any atom is -0.314 e. The third-order valence-electron chi connectivity index (χ3n) is 2.17. The molecule has 0 aliphatic rings. The van der Waals surface area contributed by atoms with Crippen molar-refractivity contribution in [3.8, 4) is 0 Å². The SMILES string of the molecule is O=c1ccc(C(F)(F)F)cn1CCNCC(F)(F)F. The molecule has 0 fully saturated rings. The first kappa shape index (κ1) is 15.5. The second kappa shape index (κ2) is 5.64. The molecule has 0 unspecified atom stereocenters. The lowest BCUT2D eigenvalue weighted by atomic mass is 10.3. The van der Waals surface area contributed by atoms with E-state index in [0.29, 0.717) is 16.8 Å². The molecule has 0 saturated heterocycles. The Bertz CT molecular complexity index is 476. The summed E-state index contributed by atoms with van der Waals surface area (Å²) in [6.07, 6.45) is -8.43. The third kappa shape index (κ3) is 5.33. The molecule has 1 N–H and O–H groups in total. The molecule has 0 bridgehead atoms. The van der Waals surface area contributed by atoms with Crippen LogP contribution in [0.25, 0.3) is 0 Å². The lowest BCUT2D eigenvalue weighted by Gasteiger charge is -2.12. The van der Waals surface area contributed by atoms with Crippen LogP contribution in [0.5, 0.6) is 0 Å². The fourth-order valence-electron chi connectivity index (χ4n) is 1.30. The number of nitrogens with one attached hydrogen (secondary N) is 1. The number of halogens is 6. The van der Waals surface area contributed by atoms with Gasteiger partial charge in [0, 0.05) is 25.4 Å². The minimum atomic E-state index is -4.60. The van der Waals surface area contributed by atoms with E-state index in [2.05, 4.69) is 0 Å². The number of alkyl halides is 6. The van der Waals surface area contributed by atoms with Gasteiger partial charge >= 0.3 is 12.4 Å². The Hall–Kier alpha value is -1.51. The molecule has 0 spiro atoms. The van der Waals surface area contributed by atoms with E-state index in [0.717, 1.165) is 6.07 Å². The van der Waals surface area contributed by atoms with Crippen LogP contribution in [0.15, 0.2) is 23.1 Å². The maximum absolute atomic E-state index is 12.4. The van der Waals surface area contributed by atoms with Crippen molar-refractivity contribution in [1.29, 1.82) is 0 Å². The largest absolute Gasteiger partial charge is 0.417 e. The van der Waals surface area contributed by atoms with Crippen molar-refractivity contribution in [1.82, 2.24) is 9.88 Å². The van der Waals surface area contributed by atoms with Gasteiger partial charge in [0.15, 0.2) is 0 Å². The Morgan fingerprint density at radius 2 is 1.74 bits per heavy atom. The van der Waals surface area contributed by atoms with Crippen molar-refractivity contribution in [3.05, 3.63) is 34.2 Å². The molecule has 0 atom stereocenters. The normalized spacial score (nSPS) is 12.7. The number of pyridine rings is 1. The average molecular weight is 288 g/mol. The minimum absolute atomic E-state index is 0.263. The molecule has 0 aliphatic heterocycles. The number of hydrogen-bond acceptors (Lipinski definition) is 2. The van der Waals surface area contributed by atoms with Crippen molar-refractivity contribution in [2.45, 2.75) is 18.9 Å². The van der Waals surface area contributed by atoms with Crippen molar-refractivity contribution in [2.75, 3.05) is 13.1 Å². The number of rotatable bonds is 4. The molecule has 0 radical (unpaired) electrons. The summed E-state index contributed by atoms with van der Waals surface area (Å²) >= 11 is 0. The molecule has 0 aromatic carbocycles. The van der Waals surface area contributed by atoms with Gasteiger partial charge in [-0.1, -0.05) is 0 Å². The van der Waals surface area contributed by atoms with Crippen LogP contribution >= 0.6 is 0 Å². The highest BCUT2D eigenvalue weighted by Gasteiger charge is 2.31.